The highest BCUT2D eigenvalue weighted by atomic mass is 32.2. The Kier molecular flexibility index (Phi) is 5.65. The molecule has 0 unspecified atom stereocenters. The molecule has 0 radical (unpaired) electrons. The number of benzene rings is 1. The van der Waals surface area contributed by atoms with E-state index >= 15 is 0 Å². The molecular weight excluding hydrogens is 328 g/mol. The second-order valence-corrected chi connectivity index (χ2v) is 6.99. The quantitative estimate of drug-likeness (QED) is 0.461. The molecule has 3 rings (SSSR count). The molecule has 23 heavy (non-hydrogen) atoms. The number of thiophene rings is 1. The van der Waals surface area contributed by atoms with E-state index in [0.717, 1.165) is 23.1 Å². The molecule has 0 amide bonds. The Morgan fingerprint density at radius 2 is 2.22 bits per heavy atom. The lowest BCUT2D eigenvalue weighted by Gasteiger charge is -2.07. The normalized spacial score (nSPS) is 10.8. The lowest BCUT2D eigenvalue weighted by molar-refractivity contribution is 0.343. The first-order chi connectivity index (χ1) is 11.3. The van der Waals surface area contributed by atoms with E-state index in [4.69, 9.17) is 4.74 Å². The number of aryl methyl sites for hydroxylation is 1. The van der Waals surface area contributed by atoms with Crippen molar-refractivity contribution in [3.63, 3.8) is 0 Å². The number of hydrogen-bond acceptors (Lipinski definition) is 6. The van der Waals surface area contributed by atoms with E-state index in [2.05, 4.69) is 46.0 Å². The highest BCUT2D eigenvalue weighted by molar-refractivity contribution is 7.99. The van der Waals surface area contributed by atoms with Gasteiger partial charge in [-0.15, -0.1) is 16.4 Å². The molecule has 0 bridgehead atoms. The maximum absolute atomic E-state index is 5.80. The van der Waals surface area contributed by atoms with Crippen LogP contribution in [0.25, 0.3) is 0 Å². The third kappa shape index (κ3) is 4.56. The van der Waals surface area contributed by atoms with Gasteiger partial charge in [-0.1, -0.05) is 36.9 Å². The number of rotatable bonds is 8. The summed E-state index contributed by atoms with van der Waals surface area (Å²) in [5, 5.41) is 14.8. The van der Waals surface area contributed by atoms with Crippen LogP contribution in [0.5, 0.6) is 5.75 Å². The fraction of sp³-hybridized carbons (Fsp3) is 0.312. The number of tetrazole rings is 1. The highest BCUT2D eigenvalue weighted by Crippen LogP contribution is 2.18. The summed E-state index contributed by atoms with van der Waals surface area (Å²) in [6.45, 7) is 3.48. The van der Waals surface area contributed by atoms with Crippen molar-refractivity contribution in [1.29, 1.82) is 0 Å². The molecule has 5 nitrogen and oxygen atoms in total. The molecule has 0 aliphatic carbocycles. The molecular formula is C16H18N4OS2. The number of nitrogens with zero attached hydrogens (tertiary/aromatic N) is 4. The van der Waals surface area contributed by atoms with Crippen LogP contribution in [0.4, 0.5) is 0 Å². The largest absolute Gasteiger partial charge is 0.493 e. The fourth-order valence-corrected chi connectivity index (χ4v) is 3.48. The Morgan fingerprint density at radius 3 is 3.04 bits per heavy atom. The molecule has 3 aromatic rings. The standard InChI is InChI=1S/C16H18N4OS2/c1-2-13-5-3-6-14(11-13)21-8-10-23-16-17-18-19-20(16)12-15-7-4-9-22-15/h3-7,9,11H,2,8,10,12H2,1H3. The van der Waals surface area contributed by atoms with Gasteiger partial charge in [0.15, 0.2) is 0 Å². The third-order valence-electron chi connectivity index (χ3n) is 3.27. The van der Waals surface area contributed by atoms with Crippen molar-refractivity contribution in [3.05, 3.63) is 52.2 Å². The molecule has 0 saturated carbocycles. The Bertz CT molecular complexity index is 727. The van der Waals surface area contributed by atoms with Gasteiger partial charge in [-0.25, -0.2) is 4.68 Å². The summed E-state index contributed by atoms with van der Waals surface area (Å²) in [5.41, 5.74) is 1.29. The number of thioether (sulfide) groups is 1. The monoisotopic (exact) mass is 346 g/mol. The summed E-state index contributed by atoms with van der Waals surface area (Å²) in [5.74, 6) is 1.73. The molecule has 2 heterocycles. The average molecular weight is 346 g/mol. The molecule has 0 N–H and O–H groups in total. The fourth-order valence-electron chi connectivity index (χ4n) is 2.10. The van der Waals surface area contributed by atoms with Gasteiger partial charge in [-0.3, -0.25) is 0 Å². The van der Waals surface area contributed by atoms with E-state index < -0.39 is 0 Å². The summed E-state index contributed by atoms with van der Waals surface area (Å²) >= 11 is 3.32. The van der Waals surface area contributed by atoms with Crippen molar-refractivity contribution < 1.29 is 4.74 Å². The van der Waals surface area contributed by atoms with Gasteiger partial charge in [0.2, 0.25) is 5.16 Å². The molecule has 0 fully saturated rings. The predicted octanol–water partition coefficient (Wildman–Crippen LogP) is 3.52. The van der Waals surface area contributed by atoms with Crippen molar-refractivity contribution >= 4 is 23.1 Å². The molecule has 0 aliphatic rings. The minimum Gasteiger partial charge on any atom is -0.493 e. The SMILES string of the molecule is CCc1cccc(OCCSc2nnnn2Cc2cccs2)c1. The molecule has 0 saturated heterocycles. The first-order valence-electron chi connectivity index (χ1n) is 7.48. The number of ether oxygens (including phenoxy) is 1. The van der Waals surface area contributed by atoms with Crippen molar-refractivity contribution in [2.75, 3.05) is 12.4 Å². The van der Waals surface area contributed by atoms with Gasteiger partial charge >= 0.3 is 0 Å². The van der Waals surface area contributed by atoms with Crippen LogP contribution >= 0.6 is 23.1 Å². The summed E-state index contributed by atoms with van der Waals surface area (Å²) in [6, 6.07) is 12.3. The second-order valence-electron chi connectivity index (χ2n) is 4.90. The van der Waals surface area contributed by atoms with E-state index in [1.54, 1.807) is 23.1 Å². The van der Waals surface area contributed by atoms with Crippen molar-refractivity contribution in [3.8, 4) is 5.75 Å². The topological polar surface area (TPSA) is 52.8 Å². The maximum Gasteiger partial charge on any atom is 0.209 e. The van der Waals surface area contributed by atoms with Gasteiger partial charge in [-0.05, 0) is 46.0 Å². The molecule has 7 heteroatoms. The van der Waals surface area contributed by atoms with Gasteiger partial charge in [-0.2, -0.15) is 0 Å². The molecule has 0 spiro atoms. The van der Waals surface area contributed by atoms with Crippen LogP contribution in [0.3, 0.4) is 0 Å². The Morgan fingerprint density at radius 1 is 1.26 bits per heavy atom. The zero-order chi connectivity index (χ0) is 15.9. The van der Waals surface area contributed by atoms with E-state index in [1.807, 2.05) is 22.9 Å². The Hall–Kier alpha value is -1.86. The van der Waals surface area contributed by atoms with Crippen molar-refractivity contribution in [2.24, 2.45) is 0 Å². The lowest BCUT2D eigenvalue weighted by Crippen LogP contribution is -2.05. The molecule has 120 valence electrons. The van der Waals surface area contributed by atoms with E-state index in [1.165, 1.54) is 10.4 Å². The smallest absolute Gasteiger partial charge is 0.209 e. The molecule has 2 aromatic heterocycles. The predicted molar refractivity (Wildman–Crippen MR) is 93.3 cm³/mol. The Balaban J connectivity index is 1.48. The first-order valence-corrected chi connectivity index (χ1v) is 9.35. The van der Waals surface area contributed by atoms with Crippen molar-refractivity contribution in [1.82, 2.24) is 20.2 Å². The maximum atomic E-state index is 5.80. The number of aromatic nitrogens is 4. The summed E-state index contributed by atoms with van der Waals surface area (Å²) in [4.78, 5) is 1.24. The van der Waals surface area contributed by atoms with Crippen LogP contribution in [0, 0.1) is 0 Å². The van der Waals surface area contributed by atoms with E-state index in [9.17, 15) is 0 Å². The van der Waals surface area contributed by atoms with Gasteiger partial charge < -0.3 is 4.74 Å². The van der Waals surface area contributed by atoms with Gasteiger partial charge in [0, 0.05) is 10.6 Å². The highest BCUT2D eigenvalue weighted by Gasteiger charge is 2.08. The van der Waals surface area contributed by atoms with Gasteiger partial charge in [0.05, 0.1) is 13.2 Å². The van der Waals surface area contributed by atoms with Crippen LogP contribution < -0.4 is 4.74 Å². The van der Waals surface area contributed by atoms with Gasteiger partial charge in [0.1, 0.15) is 5.75 Å². The van der Waals surface area contributed by atoms with Gasteiger partial charge in [0.25, 0.3) is 0 Å². The average Bonchev–Trinajstić information content (AvgIpc) is 3.24. The minimum absolute atomic E-state index is 0.629. The third-order valence-corrected chi connectivity index (χ3v) is 5.06. The zero-order valence-corrected chi connectivity index (χ0v) is 14.5. The minimum atomic E-state index is 0.629. The number of hydrogen-bond donors (Lipinski definition) is 0. The van der Waals surface area contributed by atoms with Crippen LogP contribution in [0.2, 0.25) is 0 Å². The summed E-state index contributed by atoms with van der Waals surface area (Å²) in [6.07, 6.45) is 1.02. The van der Waals surface area contributed by atoms with Crippen LogP contribution in [-0.4, -0.2) is 32.6 Å². The second kappa shape index (κ2) is 8.12. The summed E-state index contributed by atoms with van der Waals surface area (Å²) in [7, 11) is 0. The zero-order valence-electron chi connectivity index (χ0n) is 12.9. The van der Waals surface area contributed by atoms with Crippen LogP contribution in [0.15, 0.2) is 46.9 Å². The first kappa shape index (κ1) is 16.0. The molecule has 0 aliphatic heterocycles. The van der Waals surface area contributed by atoms with E-state index in [0.29, 0.717) is 13.2 Å². The lowest BCUT2D eigenvalue weighted by atomic mass is 10.2. The molecule has 1 aromatic carbocycles. The van der Waals surface area contributed by atoms with Crippen LogP contribution in [-0.2, 0) is 13.0 Å². The van der Waals surface area contributed by atoms with Crippen LogP contribution in [0.1, 0.15) is 17.4 Å². The van der Waals surface area contributed by atoms with E-state index in [-0.39, 0.29) is 0 Å². The van der Waals surface area contributed by atoms with Crippen molar-refractivity contribution in [2.45, 2.75) is 25.0 Å². The Labute approximate surface area is 143 Å². The summed E-state index contributed by atoms with van der Waals surface area (Å²) < 4.78 is 7.62. The molecule has 0 atom stereocenters.